The molecule has 0 spiro atoms. The Balaban J connectivity index is 1.46. The number of hydrogen-bond donors (Lipinski definition) is 1. The molecule has 2 nitrogen and oxygen atoms in total. The highest BCUT2D eigenvalue weighted by molar-refractivity contribution is 5.78. The molecule has 132 valence electrons. The number of carbonyl (C=O) groups excluding carboxylic acids is 1. The normalized spacial score (nSPS) is 11.7. The molecule has 1 unspecified atom stereocenters. The Morgan fingerprint density at radius 1 is 0.808 bits per heavy atom. The van der Waals surface area contributed by atoms with Crippen LogP contribution in [-0.2, 0) is 11.2 Å². The van der Waals surface area contributed by atoms with Gasteiger partial charge in [-0.3, -0.25) is 4.79 Å². The van der Waals surface area contributed by atoms with E-state index in [9.17, 15) is 4.79 Å². The Bertz CT molecular complexity index is 810. The van der Waals surface area contributed by atoms with Crippen LogP contribution in [0.15, 0.2) is 84.9 Å². The van der Waals surface area contributed by atoms with Crippen LogP contribution in [0, 0.1) is 0 Å². The van der Waals surface area contributed by atoms with Gasteiger partial charge in [-0.15, -0.1) is 0 Å². The number of rotatable bonds is 7. The molecule has 3 aromatic carbocycles. The van der Waals surface area contributed by atoms with E-state index in [1.54, 1.807) is 0 Å². The van der Waals surface area contributed by atoms with E-state index in [2.05, 4.69) is 60.8 Å². The van der Waals surface area contributed by atoms with Crippen LogP contribution in [0.1, 0.15) is 30.4 Å². The molecule has 1 atom stereocenters. The standard InChI is InChI=1S/C24H25NO/c1-19(21-8-4-2-5-9-21)16-17-25-24(26)18-20-12-14-23(15-13-20)22-10-6-3-7-11-22/h2-15,19H,16-18H2,1H3,(H,25,26). The monoisotopic (exact) mass is 343 g/mol. The van der Waals surface area contributed by atoms with Crippen LogP contribution in [0.3, 0.4) is 0 Å². The van der Waals surface area contributed by atoms with Crippen molar-refractivity contribution in [2.75, 3.05) is 6.54 Å². The van der Waals surface area contributed by atoms with E-state index in [1.807, 2.05) is 36.4 Å². The topological polar surface area (TPSA) is 29.1 Å². The van der Waals surface area contributed by atoms with Gasteiger partial charge in [-0.05, 0) is 34.6 Å². The van der Waals surface area contributed by atoms with E-state index in [0.717, 1.165) is 12.0 Å². The van der Waals surface area contributed by atoms with Gasteiger partial charge in [0.25, 0.3) is 0 Å². The second-order valence-corrected chi connectivity index (χ2v) is 6.69. The molecule has 1 amide bonds. The lowest BCUT2D eigenvalue weighted by molar-refractivity contribution is -0.120. The summed E-state index contributed by atoms with van der Waals surface area (Å²) in [5.41, 5.74) is 4.72. The van der Waals surface area contributed by atoms with E-state index in [4.69, 9.17) is 0 Å². The molecule has 0 heterocycles. The summed E-state index contributed by atoms with van der Waals surface area (Å²) in [7, 11) is 0. The molecule has 0 saturated heterocycles. The lowest BCUT2D eigenvalue weighted by atomic mass is 9.98. The number of hydrogen-bond acceptors (Lipinski definition) is 1. The van der Waals surface area contributed by atoms with Crippen LogP contribution >= 0.6 is 0 Å². The van der Waals surface area contributed by atoms with E-state index >= 15 is 0 Å². The molecule has 1 N–H and O–H groups in total. The Morgan fingerprint density at radius 2 is 1.38 bits per heavy atom. The Morgan fingerprint density at radius 3 is 2.04 bits per heavy atom. The summed E-state index contributed by atoms with van der Waals surface area (Å²) in [4.78, 5) is 12.2. The fraction of sp³-hybridized carbons (Fsp3) is 0.208. The van der Waals surface area contributed by atoms with Crippen molar-refractivity contribution < 1.29 is 4.79 Å². The molecular formula is C24H25NO. The first-order valence-corrected chi connectivity index (χ1v) is 9.18. The molecule has 0 radical (unpaired) electrons. The van der Waals surface area contributed by atoms with Crippen LogP contribution in [-0.4, -0.2) is 12.5 Å². The van der Waals surface area contributed by atoms with Gasteiger partial charge in [0.15, 0.2) is 0 Å². The van der Waals surface area contributed by atoms with Crippen molar-refractivity contribution in [3.05, 3.63) is 96.1 Å². The van der Waals surface area contributed by atoms with Gasteiger partial charge < -0.3 is 5.32 Å². The number of benzene rings is 3. The van der Waals surface area contributed by atoms with Crippen LogP contribution in [0.4, 0.5) is 0 Å². The SMILES string of the molecule is CC(CCNC(=O)Cc1ccc(-c2ccccc2)cc1)c1ccccc1. The fourth-order valence-electron chi connectivity index (χ4n) is 3.07. The maximum atomic E-state index is 12.2. The summed E-state index contributed by atoms with van der Waals surface area (Å²) in [6.45, 7) is 2.90. The molecule has 0 aromatic heterocycles. The zero-order valence-corrected chi connectivity index (χ0v) is 15.2. The molecule has 0 aliphatic carbocycles. The largest absolute Gasteiger partial charge is 0.356 e. The fourth-order valence-corrected chi connectivity index (χ4v) is 3.07. The van der Waals surface area contributed by atoms with Crippen LogP contribution < -0.4 is 5.32 Å². The van der Waals surface area contributed by atoms with Gasteiger partial charge in [0.05, 0.1) is 6.42 Å². The summed E-state index contributed by atoms with van der Waals surface area (Å²) in [5.74, 6) is 0.527. The zero-order chi connectivity index (χ0) is 18.2. The van der Waals surface area contributed by atoms with Gasteiger partial charge in [-0.1, -0.05) is 91.9 Å². The third-order valence-corrected chi connectivity index (χ3v) is 4.69. The Hall–Kier alpha value is -2.87. The first-order valence-electron chi connectivity index (χ1n) is 9.18. The average molecular weight is 343 g/mol. The van der Waals surface area contributed by atoms with E-state index in [-0.39, 0.29) is 5.91 Å². The second kappa shape index (κ2) is 9.00. The summed E-state index contributed by atoms with van der Waals surface area (Å²) in [6.07, 6.45) is 1.37. The van der Waals surface area contributed by atoms with Crippen molar-refractivity contribution in [3.8, 4) is 11.1 Å². The van der Waals surface area contributed by atoms with E-state index in [0.29, 0.717) is 18.9 Å². The van der Waals surface area contributed by atoms with Crippen molar-refractivity contribution in [3.63, 3.8) is 0 Å². The third kappa shape index (κ3) is 5.06. The molecule has 2 heteroatoms. The first kappa shape index (κ1) is 17.9. The molecule has 0 aliphatic heterocycles. The van der Waals surface area contributed by atoms with Crippen molar-refractivity contribution in [1.29, 1.82) is 0 Å². The van der Waals surface area contributed by atoms with Crippen molar-refractivity contribution in [2.24, 2.45) is 0 Å². The van der Waals surface area contributed by atoms with Gasteiger partial charge in [-0.25, -0.2) is 0 Å². The Labute approximate surface area is 155 Å². The maximum absolute atomic E-state index is 12.2. The molecule has 0 fully saturated rings. The highest BCUT2D eigenvalue weighted by atomic mass is 16.1. The molecular weight excluding hydrogens is 318 g/mol. The lowest BCUT2D eigenvalue weighted by Gasteiger charge is -2.12. The highest BCUT2D eigenvalue weighted by Gasteiger charge is 2.07. The summed E-state index contributed by atoms with van der Waals surface area (Å²) >= 11 is 0. The van der Waals surface area contributed by atoms with Gasteiger partial charge in [-0.2, -0.15) is 0 Å². The second-order valence-electron chi connectivity index (χ2n) is 6.69. The molecule has 3 rings (SSSR count). The predicted octanol–water partition coefficient (Wildman–Crippen LogP) is 5.21. The van der Waals surface area contributed by atoms with Crippen LogP contribution in [0.5, 0.6) is 0 Å². The third-order valence-electron chi connectivity index (χ3n) is 4.69. The van der Waals surface area contributed by atoms with E-state index in [1.165, 1.54) is 16.7 Å². The molecule has 0 bridgehead atoms. The quantitative estimate of drug-likeness (QED) is 0.627. The Kier molecular flexibility index (Phi) is 6.21. The number of amides is 1. The lowest BCUT2D eigenvalue weighted by Crippen LogP contribution is -2.26. The van der Waals surface area contributed by atoms with Gasteiger partial charge in [0.1, 0.15) is 0 Å². The minimum atomic E-state index is 0.0812. The van der Waals surface area contributed by atoms with Crippen molar-refractivity contribution in [2.45, 2.75) is 25.7 Å². The predicted molar refractivity (Wildman–Crippen MR) is 108 cm³/mol. The molecule has 0 aliphatic rings. The number of nitrogens with one attached hydrogen (secondary N) is 1. The minimum Gasteiger partial charge on any atom is -0.356 e. The molecule has 26 heavy (non-hydrogen) atoms. The van der Waals surface area contributed by atoms with Crippen molar-refractivity contribution >= 4 is 5.91 Å². The van der Waals surface area contributed by atoms with Crippen LogP contribution in [0.25, 0.3) is 11.1 Å². The minimum absolute atomic E-state index is 0.0812. The molecule has 0 saturated carbocycles. The van der Waals surface area contributed by atoms with Gasteiger partial charge in [0.2, 0.25) is 5.91 Å². The average Bonchev–Trinajstić information content (AvgIpc) is 2.70. The summed E-state index contributed by atoms with van der Waals surface area (Å²) in [5, 5.41) is 3.04. The first-order chi connectivity index (χ1) is 12.7. The van der Waals surface area contributed by atoms with E-state index < -0.39 is 0 Å². The van der Waals surface area contributed by atoms with Gasteiger partial charge >= 0.3 is 0 Å². The number of carbonyl (C=O) groups is 1. The maximum Gasteiger partial charge on any atom is 0.224 e. The van der Waals surface area contributed by atoms with Crippen LogP contribution in [0.2, 0.25) is 0 Å². The zero-order valence-electron chi connectivity index (χ0n) is 15.2. The summed E-state index contributed by atoms with van der Waals surface area (Å²) < 4.78 is 0. The van der Waals surface area contributed by atoms with Gasteiger partial charge in [0, 0.05) is 6.54 Å². The highest BCUT2D eigenvalue weighted by Crippen LogP contribution is 2.20. The van der Waals surface area contributed by atoms with Crippen molar-refractivity contribution in [1.82, 2.24) is 5.32 Å². The molecule has 3 aromatic rings. The summed E-state index contributed by atoms with van der Waals surface area (Å²) in [6, 6.07) is 28.9. The smallest absolute Gasteiger partial charge is 0.224 e.